The molecule has 1 aromatic heterocycles. The average molecular weight is 310 g/mol. The van der Waals surface area contributed by atoms with Crippen LogP contribution >= 0.6 is 0 Å². The van der Waals surface area contributed by atoms with E-state index in [9.17, 15) is 17.6 Å². The molecule has 110 valence electrons. The molecule has 0 aliphatic rings. The van der Waals surface area contributed by atoms with Crippen LogP contribution in [0.4, 0.5) is 10.1 Å². The molecule has 0 radical (unpaired) electrons. The molecule has 2 N–H and O–H groups in total. The molecular weight excluding hydrogens is 299 g/mol. The number of carbonyl (C=O) groups is 1. The maximum Gasteiger partial charge on any atom is 0.335 e. The lowest BCUT2D eigenvalue weighted by Crippen LogP contribution is -2.15. The fourth-order valence-electron chi connectivity index (χ4n) is 1.66. The minimum Gasteiger partial charge on any atom is -0.478 e. The maximum absolute atomic E-state index is 13.7. The summed E-state index contributed by atoms with van der Waals surface area (Å²) in [6.45, 7) is 1.67. The van der Waals surface area contributed by atoms with Gasteiger partial charge in [-0.3, -0.25) is 9.71 Å². The Kier molecular flexibility index (Phi) is 3.90. The second-order valence-electron chi connectivity index (χ2n) is 4.24. The zero-order valence-corrected chi connectivity index (χ0v) is 11.7. The number of sulfonamides is 1. The number of aromatic nitrogens is 1. The van der Waals surface area contributed by atoms with Crippen LogP contribution in [0.2, 0.25) is 0 Å². The molecule has 0 fully saturated rings. The molecule has 1 aromatic carbocycles. The van der Waals surface area contributed by atoms with Crippen molar-refractivity contribution in [2.75, 3.05) is 4.72 Å². The van der Waals surface area contributed by atoms with E-state index in [0.29, 0.717) is 5.69 Å². The number of nitrogens with zero attached hydrogens (tertiary/aromatic N) is 1. The first kappa shape index (κ1) is 14.9. The van der Waals surface area contributed by atoms with Gasteiger partial charge >= 0.3 is 5.97 Å². The molecule has 0 saturated carbocycles. The number of carboxylic acids is 1. The fraction of sp³-hybridized carbons (Fsp3) is 0.0769. The Balaban J connectivity index is 2.44. The summed E-state index contributed by atoms with van der Waals surface area (Å²) in [5, 5.41) is 8.85. The molecular formula is C13H11FN2O4S. The van der Waals surface area contributed by atoms with Crippen molar-refractivity contribution in [2.45, 2.75) is 11.8 Å². The topological polar surface area (TPSA) is 96.4 Å². The van der Waals surface area contributed by atoms with Gasteiger partial charge in [0.15, 0.2) is 0 Å². The number of halogens is 1. The molecule has 0 aliphatic heterocycles. The number of benzene rings is 1. The fourth-order valence-corrected chi connectivity index (χ4v) is 2.82. The molecule has 1 heterocycles. The lowest BCUT2D eigenvalue weighted by molar-refractivity contribution is 0.0696. The molecule has 0 unspecified atom stereocenters. The van der Waals surface area contributed by atoms with Crippen LogP contribution in [0.25, 0.3) is 0 Å². The predicted molar refractivity (Wildman–Crippen MR) is 73.1 cm³/mol. The standard InChI is InChI=1S/C13H11FN2O4S/c1-8-6-10(4-5-15-8)16-21(19,20)12-7-9(13(17)18)2-3-11(12)14/h2-7H,1H3,(H,15,16)(H,17,18). The zero-order chi connectivity index (χ0) is 15.6. The molecule has 2 rings (SSSR count). The largest absolute Gasteiger partial charge is 0.478 e. The van der Waals surface area contributed by atoms with Gasteiger partial charge in [-0.05, 0) is 37.3 Å². The van der Waals surface area contributed by atoms with Gasteiger partial charge < -0.3 is 5.11 Å². The lowest BCUT2D eigenvalue weighted by atomic mass is 10.2. The van der Waals surface area contributed by atoms with Crippen molar-refractivity contribution >= 4 is 21.7 Å². The van der Waals surface area contributed by atoms with Crippen LogP contribution in [0.1, 0.15) is 16.1 Å². The Morgan fingerprint density at radius 2 is 2.00 bits per heavy atom. The summed E-state index contributed by atoms with van der Waals surface area (Å²) in [5.74, 6) is -2.37. The Hall–Kier alpha value is -2.48. The van der Waals surface area contributed by atoms with E-state index in [1.54, 1.807) is 6.92 Å². The first-order valence-electron chi connectivity index (χ1n) is 5.78. The van der Waals surface area contributed by atoms with Crippen molar-refractivity contribution in [1.82, 2.24) is 4.98 Å². The molecule has 0 spiro atoms. The summed E-state index contributed by atoms with van der Waals surface area (Å²) in [6.07, 6.45) is 1.40. The quantitative estimate of drug-likeness (QED) is 0.900. The molecule has 0 amide bonds. The van der Waals surface area contributed by atoms with Gasteiger partial charge in [-0.25, -0.2) is 17.6 Å². The van der Waals surface area contributed by atoms with Crippen molar-refractivity contribution in [3.05, 3.63) is 53.6 Å². The van der Waals surface area contributed by atoms with Crippen LogP contribution in [0, 0.1) is 12.7 Å². The van der Waals surface area contributed by atoms with Crippen LogP contribution in [0.3, 0.4) is 0 Å². The van der Waals surface area contributed by atoms with Crippen LogP contribution in [-0.4, -0.2) is 24.5 Å². The minimum absolute atomic E-state index is 0.211. The molecule has 0 atom stereocenters. The average Bonchev–Trinajstić information content (AvgIpc) is 2.38. The Bertz CT molecular complexity index is 806. The van der Waals surface area contributed by atoms with E-state index in [-0.39, 0.29) is 11.3 Å². The van der Waals surface area contributed by atoms with Gasteiger partial charge in [0.05, 0.1) is 11.3 Å². The first-order chi connectivity index (χ1) is 9.79. The van der Waals surface area contributed by atoms with Crippen LogP contribution in [0.5, 0.6) is 0 Å². The third-order valence-corrected chi connectivity index (χ3v) is 4.01. The van der Waals surface area contributed by atoms with Crippen molar-refractivity contribution in [1.29, 1.82) is 0 Å². The van der Waals surface area contributed by atoms with E-state index in [0.717, 1.165) is 18.2 Å². The number of aryl methyl sites for hydroxylation is 1. The second-order valence-corrected chi connectivity index (χ2v) is 5.89. The Morgan fingerprint density at radius 3 is 2.62 bits per heavy atom. The highest BCUT2D eigenvalue weighted by atomic mass is 32.2. The van der Waals surface area contributed by atoms with Crippen LogP contribution in [0.15, 0.2) is 41.4 Å². The van der Waals surface area contributed by atoms with Gasteiger partial charge in [0.1, 0.15) is 10.7 Å². The maximum atomic E-state index is 13.7. The van der Waals surface area contributed by atoms with Crippen LogP contribution < -0.4 is 4.72 Å². The number of hydrogen-bond donors (Lipinski definition) is 2. The predicted octanol–water partition coefficient (Wildman–Crippen LogP) is 2.03. The number of carboxylic acid groups (broad SMARTS) is 1. The van der Waals surface area contributed by atoms with Gasteiger partial charge in [0.2, 0.25) is 0 Å². The molecule has 0 saturated heterocycles. The smallest absolute Gasteiger partial charge is 0.335 e. The van der Waals surface area contributed by atoms with Crippen molar-refractivity contribution in [3.8, 4) is 0 Å². The van der Waals surface area contributed by atoms with E-state index < -0.39 is 26.7 Å². The summed E-state index contributed by atoms with van der Waals surface area (Å²) in [4.78, 5) is 14.0. The zero-order valence-electron chi connectivity index (χ0n) is 10.9. The van der Waals surface area contributed by atoms with Gasteiger partial charge in [0, 0.05) is 11.9 Å². The highest BCUT2D eigenvalue weighted by Gasteiger charge is 2.21. The number of aromatic carboxylic acids is 1. The van der Waals surface area contributed by atoms with Gasteiger partial charge in [-0.15, -0.1) is 0 Å². The monoisotopic (exact) mass is 310 g/mol. The van der Waals surface area contributed by atoms with E-state index in [1.165, 1.54) is 18.3 Å². The second kappa shape index (κ2) is 5.49. The van der Waals surface area contributed by atoms with Crippen LogP contribution in [-0.2, 0) is 10.0 Å². The van der Waals surface area contributed by atoms with Crippen molar-refractivity contribution < 1.29 is 22.7 Å². The molecule has 8 heteroatoms. The van der Waals surface area contributed by atoms with E-state index >= 15 is 0 Å². The molecule has 21 heavy (non-hydrogen) atoms. The SMILES string of the molecule is Cc1cc(NS(=O)(=O)c2cc(C(=O)O)ccc2F)ccn1. The lowest BCUT2D eigenvalue weighted by Gasteiger charge is -2.09. The summed E-state index contributed by atoms with van der Waals surface area (Å²) in [6, 6.07) is 5.44. The third-order valence-electron chi connectivity index (χ3n) is 2.62. The molecule has 0 bridgehead atoms. The third kappa shape index (κ3) is 3.34. The minimum atomic E-state index is -4.23. The number of hydrogen-bond acceptors (Lipinski definition) is 4. The van der Waals surface area contributed by atoms with Crippen molar-refractivity contribution in [3.63, 3.8) is 0 Å². The number of pyridine rings is 1. The molecule has 6 nitrogen and oxygen atoms in total. The van der Waals surface area contributed by atoms with E-state index in [4.69, 9.17) is 5.11 Å². The van der Waals surface area contributed by atoms with Crippen molar-refractivity contribution in [2.24, 2.45) is 0 Å². The van der Waals surface area contributed by atoms with E-state index in [1.807, 2.05) is 0 Å². The van der Waals surface area contributed by atoms with Gasteiger partial charge in [-0.2, -0.15) is 0 Å². The number of rotatable bonds is 4. The summed E-state index contributed by atoms with van der Waals surface area (Å²) < 4.78 is 40.2. The van der Waals surface area contributed by atoms with Gasteiger partial charge in [0.25, 0.3) is 10.0 Å². The first-order valence-corrected chi connectivity index (χ1v) is 7.26. The molecule has 0 aliphatic carbocycles. The number of nitrogens with one attached hydrogen (secondary N) is 1. The van der Waals surface area contributed by atoms with Gasteiger partial charge in [-0.1, -0.05) is 0 Å². The summed E-state index contributed by atoms with van der Waals surface area (Å²) in [5.41, 5.74) is 0.472. The Morgan fingerprint density at radius 1 is 1.29 bits per heavy atom. The summed E-state index contributed by atoms with van der Waals surface area (Å²) >= 11 is 0. The highest BCUT2D eigenvalue weighted by Crippen LogP contribution is 2.20. The Labute approximate surface area is 120 Å². The summed E-state index contributed by atoms with van der Waals surface area (Å²) in [7, 11) is -4.23. The normalized spacial score (nSPS) is 11.1. The number of anilines is 1. The highest BCUT2D eigenvalue weighted by molar-refractivity contribution is 7.92. The van der Waals surface area contributed by atoms with E-state index in [2.05, 4.69) is 9.71 Å². The molecule has 2 aromatic rings.